The summed E-state index contributed by atoms with van der Waals surface area (Å²) in [6.07, 6.45) is -0.285. The van der Waals surface area contributed by atoms with Crippen LogP contribution in [-0.4, -0.2) is 82.3 Å². The van der Waals surface area contributed by atoms with Gasteiger partial charge in [-0.3, -0.25) is 14.4 Å². The van der Waals surface area contributed by atoms with Crippen LogP contribution in [0, 0.1) is 18.8 Å². The number of ether oxygens (including phenoxy) is 3. The fraction of sp³-hybridized carbons (Fsp3) is 0.366. The molecule has 0 radical (unpaired) electrons. The summed E-state index contributed by atoms with van der Waals surface area (Å²) in [5.41, 5.74) is 8.85. The van der Waals surface area contributed by atoms with Crippen LogP contribution in [0.3, 0.4) is 0 Å². The monoisotopic (exact) mass is 770 g/mol. The van der Waals surface area contributed by atoms with Crippen molar-refractivity contribution in [2.24, 2.45) is 22.6 Å². The van der Waals surface area contributed by atoms with Crippen LogP contribution in [0.25, 0.3) is 17.2 Å². The lowest BCUT2D eigenvalue weighted by atomic mass is 9.89. The van der Waals surface area contributed by atoms with Crippen LogP contribution in [0.15, 0.2) is 60.1 Å². The molecule has 1 unspecified atom stereocenters. The molecule has 4 rings (SSSR count). The normalized spacial score (nSPS) is 13.6. The summed E-state index contributed by atoms with van der Waals surface area (Å²) in [7, 11) is 0. The zero-order valence-electron chi connectivity index (χ0n) is 31.7. The van der Waals surface area contributed by atoms with Gasteiger partial charge in [0.2, 0.25) is 6.29 Å². The van der Waals surface area contributed by atoms with Gasteiger partial charge in [0, 0.05) is 36.6 Å². The minimum Gasteiger partial charge on any atom is -0.479 e. The first kappa shape index (κ1) is 42.5. The van der Waals surface area contributed by atoms with Crippen LogP contribution in [0.4, 0.5) is 4.79 Å². The number of ketones is 1. The number of aliphatic carboxylic acids is 1. The van der Waals surface area contributed by atoms with Crippen molar-refractivity contribution in [1.82, 2.24) is 10.3 Å². The number of nitrogens with zero attached hydrogens (tertiary/aromatic N) is 2. The number of hydrogen-bond acceptors (Lipinski definition) is 11. The molecule has 56 heavy (non-hydrogen) atoms. The van der Waals surface area contributed by atoms with Crippen molar-refractivity contribution in [3.63, 3.8) is 0 Å². The molecule has 1 saturated carbocycles. The van der Waals surface area contributed by atoms with Gasteiger partial charge in [0.15, 0.2) is 17.6 Å². The SMILES string of the molecule is C=Cc1cc(C(=O)Cc2ccc(C(N)=NC(=O)OCCC[C@H](O)C(=O)O)cc2)c(-c2ccc(C(=O)NCC3CC3)nc2C(=O)OC(C)OC(=O)C(C)C)cc1C. The number of carboxylic acid groups (broad SMARTS) is 1. The maximum absolute atomic E-state index is 14.1. The van der Waals surface area contributed by atoms with E-state index in [0.29, 0.717) is 34.7 Å². The molecule has 5 N–H and O–H groups in total. The number of benzene rings is 2. The van der Waals surface area contributed by atoms with Gasteiger partial charge in [-0.15, -0.1) is 0 Å². The van der Waals surface area contributed by atoms with Crippen molar-refractivity contribution in [3.05, 3.63) is 94.3 Å². The van der Waals surface area contributed by atoms with Crippen LogP contribution in [-0.2, 0) is 30.2 Å². The highest BCUT2D eigenvalue weighted by molar-refractivity contribution is 6.07. The summed E-state index contributed by atoms with van der Waals surface area (Å²) in [5.74, 6) is -3.96. The minimum atomic E-state index is -1.56. The Morgan fingerprint density at radius 1 is 1.02 bits per heavy atom. The lowest BCUT2D eigenvalue weighted by molar-refractivity contribution is -0.169. The van der Waals surface area contributed by atoms with Gasteiger partial charge in [0.25, 0.3) is 5.91 Å². The Bertz CT molecular complexity index is 2020. The third-order valence-corrected chi connectivity index (χ3v) is 8.77. The second-order valence-corrected chi connectivity index (χ2v) is 13.7. The number of aliphatic hydroxyl groups excluding tert-OH is 1. The predicted octanol–water partition coefficient (Wildman–Crippen LogP) is 5.03. The number of Topliss-reactive ketones (excluding diaryl/α,β-unsaturated/α-hetero) is 1. The highest BCUT2D eigenvalue weighted by Gasteiger charge is 2.27. The number of amides is 2. The van der Waals surface area contributed by atoms with Gasteiger partial charge in [-0.05, 0) is 79.0 Å². The van der Waals surface area contributed by atoms with Crippen LogP contribution in [0.1, 0.15) is 100 Å². The highest BCUT2D eigenvalue weighted by Crippen LogP contribution is 2.32. The topological polar surface area (TPSA) is 234 Å². The van der Waals surface area contributed by atoms with Gasteiger partial charge in [0.05, 0.1) is 12.5 Å². The first-order valence-electron chi connectivity index (χ1n) is 18.1. The van der Waals surface area contributed by atoms with E-state index in [1.807, 2.05) is 6.92 Å². The van der Waals surface area contributed by atoms with Crippen LogP contribution >= 0.6 is 0 Å². The number of pyridine rings is 1. The van der Waals surface area contributed by atoms with Crippen molar-refractivity contribution in [1.29, 1.82) is 0 Å². The summed E-state index contributed by atoms with van der Waals surface area (Å²) >= 11 is 0. The Morgan fingerprint density at radius 3 is 2.34 bits per heavy atom. The van der Waals surface area contributed by atoms with E-state index >= 15 is 0 Å². The zero-order chi connectivity index (χ0) is 41.1. The number of carbonyl (C=O) groups is 6. The molecule has 0 spiro atoms. The largest absolute Gasteiger partial charge is 0.479 e. The van der Waals surface area contributed by atoms with Gasteiger partial charge < -0.3 is 35.5 Å². The van der Waals surface area contributed by atoms with Gasteiger partial charge in [0.1, 0.15) is 11.5 Å². The van der Waals surface area contributed by atoms with Crippen LogP contribution in [0.5, 0.6) is 0 Å². The lowest BCUT2D eigenvalue weighted by Gasteiger charge is -2.18. The molecule has 2 atom stereocenters. The highest BCUT2D eigenvalue weighted by atomic mass is 16.7. The molecular formula is C41H46N4O11. The summed E-state index contributed by atoms with van der Waals surface area (Å²) in [4.78, 5) is 83.9. The van der Waals surface area contributed by atoms with Crippen molar-refractivity contribution < 1.29 is 53.2 Å². The predicted molar refractivity (Wildman–Crippen MR) is 205 cm³/mol. The zero-order valence-corrected chi connectivity index (χ0v) is 31.7. The average molecular weight is 771 g/mol. The summed E-state index contributed by atoms with van der Waals surface area (Å²) < 4.78 is 15.6. The first-order valence-corrected chi connectivity index (χ1v) is 18.1. The molecule has 0 bridgehead atoms. The molecule has 1 heterocycles. The third kappa shape index (κ3) is 11.9. The number of rotatable bonds is 18. The molecule has 2 aromatic carbocycles. The number of nitrogens with one attached hydrogen (secondary N) is 1. The molecule has 0 aliphatic heterocycles. The molecular weight excluding hydrogens is 724 g/mol. The standard InChI is InChI=1S/C41H46N4O11/c1-6-27-20-31(34(47)19-25-11-13-28(14-12-25)36(42)45-41(53)54-17-7-8-33(46)38(49)50)30(18-23(27)4)29-15-16-32(37(48)43-21-26-9-10-26)44-35(29)40(52)56-24(5)55-39(51)22(2)3/h6,11-16,18,20,22,24,26,33,46H,1,7-10,17,19,21H2,2-5H3,(H,43,48)(H,49,50)(H2,42,45,53)/t24?,33-/m0/s1. The molecule has 2 amide bonds. The molecule has 296 valence electrons. The molecule has 0 saturated heterocycles. The third-order valence-electron chi connectivity index (χ3n) is 8.77. The van der Waals surface area contributed by atoms with Gasteiger partial charge in [-0.25, -0.2) is 19.4 Å². The van der Waals surface area contributed by atoms with Crippen molar-refractivity contribution >= 4 is 47.6 Å². The second kappa shape index (κ2) is 19.4. The number of hydrogen-bond donors (Lipinski definition) is 4. The molecule has 1 fully saturated rings. The van der Waals surface area contributed by atoms with E-state index in [1.54, 1.807) is 56.3 Å². The molecule has 1 aromatic heterocycles. The van der Waals surface area contributed by atoms with Crippen LogP contribution in [0.2, 0.25) is 0 Å². The van der Waals surface area contributed by atoms with E-state index in [-0.39, 0.29) is 60.0 Å². The lowest BCUT2D eigenvalue weighted by Crippen LogP contribution is -2.28. The molecule has 3 aromatic rings. The van der Waals surface area contributed by atoms with E-state index in [0.717, 1.165) is 18.4 Å². The fourth-order valence-corrected chi connectivity index (χ4v) is 5.37. The Balaban J connectivity index is 1.60. The van der Waals surface area contributed by atoms with E-state index < -0.39 is 48.2 Å². The van der Waals surface area contributed by atoms with E-state index in [4.69, 9.17) is 25.1 Å². The maximum atomic E-state index is 14.1. The number of esters is 2. The molecule has 1 aliphatic carbocycles. The number of carbonyl (C=O) groups excluding carboxylic acids is 5. The molecule has 1 aliphatic rings. The van der Waals surface area contributed by atoms with E-state index in [2.05, 4.69) is 21.9 Å². The average Bonchev–Trinajstić information content (AvgIpc) is 4.00. The van der Waals surface area contributed by atoms with Gasteiger partial charge in [-0.1, -0.05) is 56.8 Å². The van der Waals surface area contributed by atoms with E-state index in [1.165, 1.54) is 19.1 Å². The number of nitrogens with two attached hydrogens (primary N) is 1. The number of carboxylic acids is 1. The first-order chi connectivity index (χ1) is 26.6. The minimum absolute atomic E-state index is 0.0350. The Kier molecular flexibility index (Phi) is 14.7. The van der Waals surface area contributed by atoms with Gasteiger partial charge in [-0.2, -0.15) is 4.99 Å². The quantitative estimate of drug-likeness (QED) is 0.0332. The van der Waals surface area contributed by atoms with Crippen molar-refractivity contribution in [2.45, 2.75) is 72.2 Å². The Hall–Kier alpha value is -6.22. The number of aryl methyl sites for hydroxylation is 1. The van der Waals surface area contributed by atoms with Gasteiger partial charge >= 0.3 is 24.0 Å². The fourth-order valence-electron chi connectivity index (χ4n) is 5.37. The summed E-state index contributed by atoms with van der Waals surface area (Å²) in [6, 6.07) is 12.8. The summed E-state index contributed by atoms with van der Waals surface area (Å²) in [6.45, 7) is 10.7. The van der Waals surface area contributed by atoms with Crippen molar-refractivity contribution in [2.75, 3.05) is 13.2 Å². The molecule has 15 nitrogen and oxygen atoms in total. The Morgan fingerprint density at radius 2 is 1.71 bits per heavy atom. The van der Waals surface area contributed by atoms with Crippen LogP contribution < -0.4 is 11.1 Å². The number of aliphatic imine (C=N–C) groups is 1. The molecule has 15 heteroatoms. The summed E-state index contributed by atoms with van der Waals surface area (Å²) in [5, 5.41) is 20.9. The Labute approximate surface area is 324 Å². The number of amidine groups is 1. The number of aromatic nitrogens is 1. The van der Waals surface area contributed by atoms with E-state index in [9.17, 15) is 33.9 Å². The van der Waals surface area contributed by atoms with Crippen molar-refractivity contribution in [3.8, 4) is 11.1 Å². The second-order valence-electron chi connectivity index (χ2n) is 13.7. The number of aliphatic hydroxyl groups is 1. The maximum Gasteiger partial charge on any atom is 0.435 e. The smallest absolute Gasteiger partial charge is 0.435 e.